The van der Waals surface area contributed by atoms with Crippen LogP contribution in [0, 0.1) is 0 Å². The van der Waals surface area contributed by atoms with Crippen LogP contribution in [0.1, 0.15) is 11.6 Å². The van der Waals surface area contributed by atoms with E-state index >= 15 is 0 Å². The predicted molar refractivity (Wildman–Crippen MR) is 73.6 cm³/mol. The zero-order valence-electron chi connectivity index (χ0n) is 10.9. The summed E-state index contributed by atoms with van der Waals surface area (Å²) in [4.78, 5) is 6.74. The molecule has 1 N–H and O–H groups in total. The summed E-state index contributed by atoms with van der Waals surface area (Å²) < 4.78 is 1.99. The third kappa shape index (κ3) is 3.00. The number of pyridine rings is 1. The van der Waals surface area contributed by atoms with Crippen LogP contribution in [-0.4, -0.2) is 45.8 Å². The van der Waals surface area contributed by atoms with E-state index in [9.17, 15) is 0 Å². The van der Waals surface area contributed by atoms with Crippen LogP contribution in [0.25, 0.3) is 0 Å². The standard InChI is InChI=1S/C14H19N5/c1-3-13(11-15-4-1)14-12-16-6-8-18(14)9-10-19-7-2-5-17-19/h1-5,7,11,14,16H,6,8-10,12H2. The molecule has 1 atom stereocenters. The van der Waals surface area contributed by atoms with Crippen molar-refractivity contribution in [1.29, 1.82) is 0 Å². The number of nitrogens with zero attached hydrogens (tertiary/aromatic N) is 4. The Morgan fingerprint density at radius 1 is 1.26 bits per heavy atom. The molecule has 0 aliphatic carbocycles. The number of hydrogen-bond acceptors (Lipinski definition) is 4. The molecule has 5 nitrogen and oxygen atoms in total. The Bertz CT molecular complexity index is 482. The average Bonchev–Trinajstić information content (AvgIpc) is 3.00. The Balaban J connectivity index is 1.67. The molecule has 3 rings (SSSR count). The lowest BCUT2D eigenvalue weighted by atomic mass is 10.1. The lowest BCUT2D eigenvalue weighted by Crippen LogP contribution is -2.47. The van der Waals surface area contributed by atoms with Crippen molar-refractivity contribution in [2.24, 2.45) is 0 Å². The first kappa shape index (κ1) is 12.3. The summed E-state index contributed by atoms with van der Waals surface area (Å²) in [7, 11) is 0. The van der Waals surface area contributed by atoms with Gasteiger partial charge in [0.1, 0.15) is 0 Å². The maximum Gasteiger partial charge on any atom is 0.0536 e. The van der Waals surface area contributed by atoms with Crippen molar-refractivity contribution < 1.29 is 0 Å². The number of nitrogens with one attached hydrogen (secondary N) is 1. The molecule has 0 spiro atoms. The molecule has 3 heterocycles. The predicted octanol–water partition coefficient (Wildman–Crippen LogP) is 0.925. The molecule has 1 saturated heterocycles. The van der Waals surface area contributed by atoms with Gasteiger partial charge < -0.3 is 5.32 Å². The maximum atomic E-state index is 4.26. The summed E-state index contributed by atoms with van der Waals surface area (Å²) in [6.07, 6.45) is 7.64. The largest absolute Gasteiger partial charge is 0.314 e. The van der Waals surface area contributed by atoms with Crippen molar-refractivity contribution in [2.75, 3.05) is 26.2 Å². The first-order valence-electron chi connectivity index (χ1n) is 6.75. The van der Waals surface area contributed by atoms with E-state index in [1.165, 1.54) is 5.56 Å². The van der Waals surface area contributed by atoms with Crippen LogP contribution < -0.4 is 5.32 Å². The van der Waals surface area contributed by atoms with Gasteiger partial charge in [-0.25, -0.2) is 0 Å². The van der Waals surface area contributed by atoms with E-state index in [1.54, 1.807) is 0 Å². The molecule has 1 fully saturated rings. The van der Waals surface area contributed by atoms with Gasteiger partial charge >= 0.3 is 0 Å². The highest BCUT2D eigenvalue weighted by atomic mass is 15.3. The Hall–Kier alpha value is -1.72. The van der Waals surface area contributed by atoms with E-state index in [2.05, 4.69) is 26.4 Å². The van der Waals surface area contributed by atoms with Gasteiger partial charge in [0, 0.05) is 57.0 Å². The summed E-state index contributed by atoms with van der Waals surface area (Å²) in [6.45, 7) is 5.06. The van der Waals surface area contributed by atoms with Crippen LogP contribution in [0.3, 0.4) is 0 Å². The van der Waals surface area contributed by atoms with Gasteiger partial charge in [0.2, 0.25) is 0 Å². The molecular weight excluding hydrogens is 238 g/mol. The summed E-state index contributed by atoms with van der Waals surface area (Å²) >= 11 is 0. The number of rotatable bonds is 4. The fourth-order valence-corrected chi connectivity index (χ4v) is 2.58. The van der Waals surface area contributed by atoms with Gasteiger partial charge in [0.05, 0.1) is 6.54 Å². The summed E-state index contributed by atoms with van der Waals surface area (Å²) in [5, 5.41) is 7.73. The molecule has 0 aromatic carbocycles. The highest BCUT2D eigenvalue weighted by Gasteiger charge is 2.23. The highest BCUT2D eigenvalue weighted by molar-refractivity contribution is 5.15. The Morgan fingerprint density at radius 2 is 2.26 bits per heavy atom. The van der Waals surface area contributed by atoms with Crippen LogP contribution in [0.5, 0.6) is 0 Å². The highest BCUT2D eigenvalue weighted by Crippen LogP contribution is 2.20. The normalized spacial score (nSPS) is 20.5. The minimum absolute atomic E-state index is 0.415. The smallest absolute Gasteiger partial charge is 0.0536 e. The summed E-state index contributed by atoms with van der Waals surface area (Å²) in [5.74, 6) is 0. The van der Waals surface area contributed by atoms with Crippen molar-refractivity contribution in [3.8, 4) is 0 Å². The van der Waals surface area contributed by atoms with Gasteiger partial charge in [-0.15, -0.1) is 0 Å². The SMILES string of the molecule is c1cncc(C2CNCCN2CCn2cccn2)c1. The minimum atomic E-state index is 0.415. The van der Waals surface area contributed by atoms with Crippen molar-refractivity contribution >= 4 is 0 Å². The molecule has 0 bridgehead atoms. The molecule has 1 aliphatic heterocycles. The van der Waals surface area contributed by atoms with E-state index in [1.807, 2.05) is 41.6 Å². The quantitative estimate of drug-likeness (QED) is 0.885. The van der Waals surface area contributed by atoms with Crippen LogP contribution in [0.4, 0.5) is 0 Å². The monoisotopic (exact) mass is 257 g/mol. The summed E-state index contributed by atoms with van der Waals surface area (Å²) in [6, 6.07) is 6.55. The average molecular weight is 257 g/mol. The molecule has 19 heavy (non-hydrogen) atoms. The zero-order valence-corrected chi connectivity index (χ0v) is 10.9. The van der Waals surface area contributed by atoms with Gasteiger partial charge in [0.15, 0.2) is 0 Å². The molecule has 2 aromatic rings. The Morgan fingerprint density at radius 3 is 3.05 bits per heavy atom. The maximum absolute atomic E-state index is 4.26. The van der Waals surface area contributed by atoms with Crippen LogP contribution in [-0.2, 0) is 6.54 Å². The topological polar surface area (TPSA) is 46.0 Å². The van der Waals surface area contributed by atoms with Gasteiger partial charge in [-0.3, -0.25) is 14.6 Å². The van der Waals surface area contributed by atoms with Gasteiger partial charge in [0.25, 0.3) is 0 Å². The molecule has 1 unspecified atom stereocenters. The molecule has 0 amide bonds. The first-order valence-corrected chi connectivity index (χ1v) is 6.75. The molecule has 0 radical (unpaired) electrons. The second-order valence-corrected chi connectivity index (χ2v) is 4.81. The van der Waals surface area contributed by atoms with E-state index < -0.39 is 0 Å². The lowest BCUT2D eigenvalue weighted by Gasteiger charge is -2.36. The van der Waals surface area contributed by atoms with Crippen molar-refractivity contribution in [2.45, 2.75) is 12.6 Å². The molecule has 100 valence electrons. The zero-order chi connectivity index (χ0) is 12.9. The van der Waals surface area contributed by atoms with E-state index in [4.69, 9.17) is 0 Å². The van der Waals surface area contributed by atoms with E-state index in [0.717, 1.165) is 32.7 Å². The van der Waals surface area contributed by atoms with Crippen LogP contribution >= 0.6 is 0 Å². The number of piperazine rings is 1. The second kappa shape index (κ2) is 5.95. The van der Waals surface area contributed by atoms with Gasteiger partial charge in [-0.1, -0.05) is 6.07 Å². The third-order valence-corrected chi connectivity index (χ3v) is 3.60. The van der Waals surface area contributed by atoms with Crippen molar-refractivity contribution in [1.82, 2.24) is 25.0 Å². The third-order valence-electron chi connectivity index (χ3n) is 3.60. The number of hydrogen-bond donors (Lipinski definition) is 1. The molecule has 5 heteroatoms. The molecular formula is C14H19N5. The van der Waals surface area contributed by atoms with Crippen LogP contribution in [0.15, 0.2) is 43.0 Å². The van der Waals surface area contributed by atoms with Gasteiger partial charge in [-0.2, -0.15) is 5.10 Å². The number of aromatic nitrogens is 3. The van der Waals surface area contributed by atoms with Gasteiger partial charge in [-0.05, 0) is 17.7 Å². The second-order valence-electron chi connectivity index (χ2n) is 4.81. The van der Waals surface area contributed by atoms with E-state index in [-0.39, 0.29) is 0 Å². The Labute approximate surface area is 113 Å². The molecule has 2 aromatic heterocycles. The minimum Gasteiger partial charge on any atom is -0.314 e. The molecule has 1 aliphatic rings. The van der Waals surface area contributed by atoms with Crippen LogP contribution in [0.2, 0.25) is 0 Å². The van der Waals surface area contributed by atoms with Crippen molar-refractivity contribution in [3.63, 3.8) is 0 Å². The summed E-state index contributed by atoms with van der Waals surface area (Å²) in [5.41, 5.74) is 1.29. The van der Waals surface area contributed by atoms with E-state index in [0.29, 0.717) is 6.04 Å². The fourth-order valence-electron chi connectivity index (χ4n) is 2.58. The lowest BCUT2D eigenvalue weighted by molar-refractivity contribution is 0.154. The first-order chi connectivity index (χ1) is 9.43. The Kier molecular flexibility index (Phi) is 3.86. The van der Waals surface area contributed by atoms with Crippen molar-refractivity contribution in [3.05, 3.63) is 48.5 Å². The fraction of sp³-hybridized carbons (Fsp3) is 0.429. The molecule has 0 saturated carbocycles.